The van der Waals surface area contributed by atoms with E-state index in [4.69, 9.17) is 4.74 Å². The monoisotopic (exact) mass is 385 g/mol. The Morgan fingerprint density at radius 3 is 2.25 bits per heavy atom. The van der Waals surface area contributed by atoms with Gasteiger partial charge in [-0.05, 0) is 12.1 Å². The molecule has 2 heterocycles. The van der Waals surface area contributed by atoms with E-state index in [0.29, 0.717) is 49.2 Å². The minimum absolute atomic E-state index is 0.406. The van der Waals surface area contributed by atoms with E-state index in [1.807, 2.05) is 30.3 Å². The standard InChI is InChI=1S/C21H18F3N3O/c22-21(23,24)17-8-4-7-16(13-17)18-14-19(27-9-11-28-12-10-27)26-20(25-18)15-5-2-1-3-6-15/h1-8,13-14H,9-12H2. The molecule has 0 amide bonds. The number of hydrogen-bond donors (Lipinski definition) is 0. The summed E-state index contributed by atoms with van der Waals surface area (Å²) in [5.41, 5.74) is 0.981. The van der Waals surface area contributed by atoms with Gasteiger partial charge in [-0.1, -0.05) is 42.5 Å². The first kappa shape index (κ1) is 18.4. The third kappa shape index (κ3) is 3.99. The van der Waals surface area contributed by atoms with Gasteiger partial charge in [-0.25, -0.2) is 9.97 Å². The third-order valence-electron chi connectivity index (χ3n) is 4.57. The summed E-state index contributed by atoms with van der Waals surface area (Å²) in [6, 6.07) is 16.4. The molecule has 3 aromatic rings. The molecule has 0 radical (unpaired) electrons. The van der Waals surface area contributed by atoms with Crippen LogP contribution < -0.4 is 4.90 Å². The third-order valence-corrected chi connectivity index (χ3v) is 4.57. The van der Waals surface area contributed by atoms with Crippen molar-refractivity contribution in [2.24, 2.45) is 0 Å². The zero-order valence-electron chi connectivity index (χ0n) is 15.0. The highest BCUT2D eigenvalue weighted by atomic mass is 19.4. The summed E-state index contributed by atoms with van der Waals surface area (Å²) >= 11 is 0. The van der Waals surface area contributed by atoms with Crippen molar-refractivity contribution in [3.63, 3.8) is 0 Å². The lowest BCUT2D eigenvalue weighted by Gasteiger charge is -2.28. The Bertz CT molecular complexity index is 955. The van der Waals surface area contributed by atoms with Gasteiger partial charge >= 0.3 is 6.18 Å². The second-order valence-corrected chi connectivity index (χ2v) is 6.48. The number of aromatic nitrogens is 2. The van der Waals surface area contributed by atoms with E-state index in [9.17, 15) is 13.2 Å². The second kappa shape index (κ2) is 7.59. The van der Waals surface area contributed by atoms with Gasteiger partial charge in [0, 0.05) is 30.3 Å². The molecule has 0 N–H and O–H groups in total. The molecule has 1 aliphatic heterocycles. The maximum Gasteiger partial charge on any atom is 0.416 e. The molecule has 1 aliphatic rings. The highest BCUT2D eigenvalue weighted by molar-refractivity contribution is 5.68. The molecule has 144 valence electrons. The lowest BCUT2D eigenvalue weighted by Crippen LogP contribution is -2.36. The maximum absolute atomic E-state index is 13.1. The normalized spacial score (nSPS) is 14.9. The Labute approximate surface area is 160 Å². The number of hydrogen-bond acceptors (Lipinski definition) is 4. The van der Waals surface area contributed by atoms with Gasteiger partial charge < -0.3 is 9.64 Å². The maximum atomic E-state index is 13.1. The summed E-state index contributed by atoms with van der Waals surface area (Å²) in [5.74, 6) is 1.17. The van der Waals surface area contributed by atoms with E-state index in [1.54, 1.807) is 12.1 Å². The number of halogens is 3. The highest BCUT2D eigenvalue weighted by Gasteiger charge is 2.30. The largest absolute Gasteiger partial charge is 0.416 e. The molecule has 0 unspecified atom stereocenters. The SMILES string of the molecule is FC(F)(F)c1cccc(-c2cc(N3CCOCC3)nc(-c3ccccc3)n2)c1. The van der Waals surface area contributed by atoms with Crippen LogP contribution in [0.25, 0.3) is 22.6 Å². The van der Waals surface area contributed by atoms with Crippen molar-refractivity contribution in [3.8, 4) is 22.6 Å². The summed E-state index contributed by atoms with van der Waals surface area (Å²) in [4.78, 5) is 11.3. The van der Waals surface area contributed by atoms with Crippen LogP contribution in [0.5, 0.6) is 0 Å². The van der Waals surface area contributed by atoms with Gasteiger partial charge in [0.2, 0.25) is 0 Å². The zero-order valence-corrected chi connectivity index (χ0v) is 15.0. The molecule has 4 rings (SSSR count). The van der Waals surface area contributed by atoms with E-state index in [1.165, 1.54) is 6.07 Å². The summed E-state index contributed by atoms with van der Waals surface area (Å²) in [6.07, 6.45) is -4.40. The van der Waals surface area contributed by atoms with E-state index in [2.05, 4.69) is 14.9 Å². The molecule has 1 saturated heterocycles. The number of nitrogens with zero attached hydrogens (tertiary/aromatic N) is 3. The van der Waals surface area contributed by atoms with E-state index < -0.39 is 11.7 Å². The van der Waals surface area contributed by atoms with Crippen LogP contribution in [-0.4, -0.2) is 36.3 Å². The smallest absolute Gasteiger partial charge is 0.378 e. The fourth-order valence-corrected chi connectivity index (χ4v) is 3.11. The predicted molar refractivity (Wildman–Crippen MR) is 101 cm³/mol. The van der Waals surface area contributed by atoms with Crippen molar-refractivity contribution in [2.75, 3.05) is 31.2 Å². The number of benzene rings is 2. The van der Waals surface area contributed by atoms with Crippen LogP contribution in [0.2, 0.25) is 0 Å². The molecule has 0 saturated carbocycles. The Kier molecular flexibility index (Phi) is 5.00. The van der Waals surface area contributed by atoms with Crippen LogP contribution in [0, 0.1) is 0 Å². The van der Waals surface area contributed by atoms with Crippen molar-refractivity contribution in [1.29, 1.82) is 0 Å². The lowest BCUT2D eigenvalue weighted by atomic mass is 10.1. The van der Waals surface area contributed by atoms with Crippen molar-refractivity contribution in [3.05, 3.63) is 66.2 Å². The molecule has 0 atom stereocenters. The Balaban J connectivity index is 1.82. The summed E-state index contributed by atoms with van der Waals surface area (Å²) in [6.45, 7) is 2.52. The molecule has 0 spiro atoms. The highest BCUT2D eigenvalue weighted by Crippen LogP contribution is 2.33. The minimum atomic E-state index is -4.40. The topological polar surface area (TPSA) is 38.2 Å². The Hall–Kier alpha value is -2.93. The van der Waals surface area contributed by atoms with Gasteiger partial charge in [-0.15, -0.1) is 0 Å². The summed E-state index contributed by atoms with van der Waals surface area (Å²) < 4.78 is 44.8. The summed E-state index contributed by atoms with van der Waals surface area (Å²) in [7, 11) is 0. The molecule has 1 aromatic heterocycles. The average Bonchev–Trinajstić information content (AvgIpc) is 2.74. The van der Waals surface area contributed by atoms with Gasteiger partial charge in [-0.2, -0.15) is 13.2 Å². The predicted octanol–water partition coefficient (Wildman–Crippen LogP) is 4.67. The molecule has 1 fully saturated rings. The van der Waals surface area contributed by atoms with Crippen molar-refractivity contribution in [2.45, 2.75) is 6.18 Å². The Morgan fingerprint density at radius 2 is 1.54 bits per heavy atom. The van der Waals surface area contributed by atoms with Gasteiger partial charge in [0.15, 0.2) is 5.82 Å². The van der Waals surface area contributed by atoms with Crippen LogP contribution >= 0.6 is 0 Å². The fourth-order valence-electron chi connectivity index (χ4n) is 3.11. The molecule has 2 aromatic carbocycles. The van der Waals surface area contributed by atoms with Gasteiger partial charge in [0.05, 0.1) is 24.5 Å². The van der Waals surface area contributed by atoms with Crippen molar-refractivity contribution >= 4 is 5.82 Å². The summed E-state index contributed by atoms with van der Waals surface area (Å²) in [5, 5.41) is 0. The molecule has 4 nitrogen and oxygen atoms in total. The van der Waals surface area contributed by atoms with Crippen molar-refractivity contribution in [1.82, 2.24) is 9.97 Å². The molecule has 0 bridgehead atoms. The first-order valence-electron chi connectivity index (χ1n) is 8.95. The molecule has 7 heteroatoms. The van der Waals surface area contributed by atoms with Gasteiger partial charge in [-0.3, -0.25) is 0 Å². The zero-order chi connectivity index (χ0) is 19.6. The van der Waals surface area contributed by atoms with Crippen LogP contribution in [0.15, 0.2) is 60.7 Å². The minimum Gasteiger partial charge on any atom is -0.378 e. The number of ether oxygens (including phenoxy) is 1. The number of morpholine rings is 1. The van der Waals surface area contributed by atoms with Crippen LogP contribution in [0.4, 0.5) is 19.0 Å². The molecule has 0 aliphatic carbocycles. The fraction of sp³-hybridized carbons (Fsp3) is 0.238. The Morgan fingerprint density at radius 1 is 0.821 bits per heavy atom. The van der Waals surface area contributed by atoms with Crippen LogP contribution in [0.1, 0.15) is 5.56 Å². The van der Waals surface area contributed by atoms with Crippen molar-refractivity contribution < 1.29 is 17.9 Å². The first-order chi connectivity index (χ1) is 13.5. The second-order valence-electron chi connectivity index (χ2n) is 6.48. The van der Waals surface area contributed by atoms with E-state index in [-0.39, 0.29) is 0 Å². The average molecular weight is 385 g/mol. The molecular formula is C21H18F3N3O. The molecule has 28 heavy (non-hydrogen) atoms. The first-order valence-corrected chi connectivity index (χ1v) is 8.95. The lowest BCUT2D eigenvalue weighted by molar-refractivity contribution is -0.137. The van der Waals surface area contributed by atoms with Crippen LogP contribution in [-0.2, 0) is 10.9 Å². The van der Waals surface area contributed by atoms with Crippen LogP contribution in [0.3, 0.4) is 0 Å². The quantitative estimate of drug-likeness (QED) is 0.657. The number of alkyl halides is 3. The van der Waals surface area contributed by atoms with E-state index >= 15 is 0 Å². The molecular weight excluding hydrogens is 367 g/mol. The van der Waals surface area contributed by atoms with Gasteiger partial charge in [0.25, 0.3) is 0 Å². The van der Waals surface area contributed by atoms with E-state index in [0.717, 1.165) is 17.7 Å². The number of rotatable bonds is 3. The number of anilines is 1. The van der Waals surface area contributed by atoms with Gasteiger partial charge in [0.1, 0.15) is 5.82 Å².